The summed E-state index contributed by atoms with van der Waals surface area (Å²) >= 11 is 2.07. The molecule has 6 aliphatic rings. The molecule has 8 atom stereocenters. The lowest BCUT2D eigenvalue weighted by Crippen LogP contribution is -2.65. The van der Waals surface area contributed by atoms with E-state index in [9.17, 15) is 69.6 Å². The third-order valence-corrected chi connectivity index (χ3v) is 16.3. The first-order valence-electron chi connectivity index (χ1n) is 23.2. The molecule has 0 bridgehead atoms. The van der Waals surface area contributed by atoms with E-state index in [0.717, 1.165) is 3.57 Å². The number of amides is 2. The number of nitrogens with two attached hydrogens (primary N) is 2. The lowest BCUT2D eigenvalue weighted by atomic mass is 8.76. The molecule has 0 aliphatic heterocycles. The van der Waals surface area contributed by atoms with Crippen LogP contribution >= 0.6 is 22.6 Å². The Balaban J connectivity index is 0.000000215. The molecule has 9 radical (unpaired) electrons. The number of carbonyl (C=O) groups is 6. The highest BCUT2D eigenvalue weighted by Crippen LogP contribution is 2.55. The molecule has 0 saturated heterocycles. The van der Waals surface area contributed by atoms with Crippen molar-refractivity contribution in [1.82, 2.24) is 9.80 Å². The van der Waals surface area contributed by atoms with Crippen LogP contribution in [0.1, 0.15) is 40.7 Å². The molecule has 0 aromatic heterocycles. The molecule has 6 aliphatic carbocycles. The van der Waals surface area contributed by atoms with E-state index < -0.39 is 131 Å². The SMILES string of the molecule is CN(C)[C@@H]1C(=O)C(C(N)=O)=C(O)[C@@]2(O)C(=O)C3=C(O)c4c(O)ccc(C#C[Si](C)(C)C)c4C[C@H]3C[C@@H]12.CN(C)[C@@H]1C(=O)C(C(N)=O)=C(O)[C@@]2(O)C(=O)C3=C(O)c4c(O)ccc(I)c4C[C@H]3C[C@@H]12.[B][B]B([B])B([B])[B]. The summed E-state index contributed by atoms with van der Waals surface area (Å²) in [5.41, 5.74) is 8.66. The van der Waals surface area contributed by atoms with Gasteiger partial charge < -0.3 is 52.3 Å². The maximum atomic E-state index is 13.8. The van der Waals surface area contributed by atoms with Crippen LogP contribution in [0.15, 0.2) is 58.1 Å². The van der Waals surface area contributed by atoms with Gasteiger partial charge in [-0.05, 0) is 124 Å². The zero-order valence-corrected chi connectivity index (χ0v) is 44.8. The molecule has 0 heterocycles. The van der Waals surface area contributed by atoms with Crippen LogP contribution in [-0.4, -0.2) is 196 Å². The van der Waals surface area contributed by atoms with E-state index in [0.29, 0.717) is 23.1 Å². The van der Waals surface area contributed by atoms with Crippen molar-refractivity contribution in [1.29, 1.82) is 0 Å². The summed E-state index contributed by atoms with van der Waals surface area (Å²) in [4.78, 5) is 80.3. The normalized spacial score (nSPS) is 26.9. The van der Waals surface area contributed by atoms with Crippen LogP contribution in [0.3, 0.4) is 0 Å². The average Bonchev–Trinajstić information content (AvgIpc) is 3.29. The highest BCUT2D eigenvalue weighted by Gasteiger charge is 2.66. The molecule has 2 aromatic rings. The maximum absolute atomic E-state index is 13.8. The molecule has 18 nitrogen and oxygen atoms in total. The number of carbonyl (C=O) groups excluding carboxylic acids is 6. The Labute approximate surface area is 449 Å². The Morgan fingerprint density at radius 3 is 1.46 bits per heavy atom. The summed E-state index contributed by atoms with van der Waals surface area (Å²) < 4.78 is 0.784. The van der Waals surface area contributed by atoms with Gasteiger partial charge in [-0.15, -0.1) is 5.54 Å². The summed E-state index contributed by atoms with van der Waals surface area (Å²) in [5, 5.41) is 87.7. The number of halogens is 1. The van der Waals surface area contributed by atoms with Crippen molar-refractivity contribution < 1.29 is 69.6 Å². The fourth-order valence-electron chi connectivity index (χ4n) is 11.0. The first kappa shape index (κ1) is 57.9. The molecule has 2 amide bonds. The van der Waals surface area contributed by atoms with Crippen molar-refractivity contribution in [2.45, 2.75) is 68.6 Å². The van der Waals surface area contributed by atoms with Gasteiger partial charge in [0.25, 0.3) is 11.8 Å². The number of aliphatic hydroxyl groups excluding tert-OH is 4. The fourth-order valence-corrected chi connectivity index (χ4v) is 12.1. The van der Waals surface area contributed by atoms with Crippen LogP contribution in [0.5, 0.6) is 11.5 Å². The molecular weight excluding hydrogens is 1080 g/mol. The summed E-state index contributed by atoms with van der Waals surface area (Å²) in [7, 11) is 26.1. The fraction of sp³-hybridized carbons (Fsp3) is 0.404. The first-order chi connectivity index (χ1) is 34.2. The lowest BCUT2D eigenvalue weighted by molar-refractivity contribution is -0.155. The van der Waals surface area contributed by atoms with Gasteiger partial charge in [0.1, 0.15) is 53.8 Å². The van der Waals surface area contributed by atoms with Gasteiger partial charge in [-0.1, -0.05) is 25.6 Å². The van der Waals surface area contributed by atoms with Crippen LogP contribution in [0.4, 0.5) is 0 Å². The second-order valence-corrected chi connectivity index (χ2v) is 26.6. The highest BCUT2D eigenvalue weighted by atomic mass is 127. The molecule has 2 aromatic carbocycles. The second kappa shape index (κ2) is 21.0. The number of aliphatic hydroxyl groups is 6. The van der Waals surface area contributed by atoms with E-state index in [-0.39, 0.29) is 59.4 Å². The topological polar surface area (TPSA) is 323 Å². The van der Waals surface area contributed by atoms with Crippen LogP contribution in [0.2, 0.25) is 19.6 Å². The first-order valence-corrected chi connectivity index (χ1v) is 27.8. The third kappa shape index (κ3) is 9.63. The number of phenolic OH excluding ortho intramolecular Hbond substituents is 2. The number of phenols is 2. The molecule has 12 N–H and O–H groups in total. The Morgan fingerprint density at radius 1 is 0.716 bits per heavy atom. The highest BCUT2D eigenvalue weighted by molar-refractivity contribution is 14.1. The minimum Gasteiger partial charge on any atom is -0.508 e. The number of nitrogens with zero attached hydrogens (tertiary/aromatic N) is 2. The van der Waals surface area contributed by atoms with Gasteiger partial charge in [0, 0.05) is 82.9 Å². The minimum atomic E-state index is -2.64. The summed E-state index contributed by atoms with van der Waals surface area (Å²) in [6.45, 7) is 6.26. The lowest BCUT2D eigenvalue weighted by Gasteiger charge is -2.50. The Bertz CT molecular complexity index is 3000. The van der Waals surface area contributed by atoms with Crippen molar-refractivity contribution >= 4 is 128 Å². The van der Waals surface area contributed by atoms with Gasteiger partial charge in [0.15, 0.2) is 22.8 Å². The molecule has 8 rings (SSSR count). The number of hydrogen-bond donors (Lipinski definition) is 10. The number of fused-ring (bicyclic) bond motifs is 6. The number of likely N-dealkylation sites (N-methyl/N-ethyl adjacent to an activating group) is 2. The van der Waals surface area contributed by atoms with Gasteiger partial charge in [0.05, 0.1) is 23.2 Å². The molecule has 2 fully saturated rings. The van der Waals surface area contributed by atoms with E-state index in [1.807, 2.05) is 0 Å². The van der Waals surface area contributed by atoms with E-state index in [4.69, 9.17) is 42.4 Å². The monoisotopic (exact) mass is 1130 g/mol. The third-order valence-electron chi connectivity index (χ3n) is 14.4. The molecule has 74 heavy (non-hydrogen) atoms. The van der Waals surface area contributed by atoms with Crippen molar-refractivity contribution in [3.05, 3.63) is 89.5 Å². The molecule has 27 heteroatoms. The number of Topliss-reactive ketones (excluding diaryl/α,β-unsaturated/α-hetero) is 4. The molecule has 2 saturated carbocycles. The zero-order valence-electron chi connectivity index (χ0n) is 41.6. The zero-order chi connectivity index (χ0) is 55.8. The smallest absolute Gasteiger partial charge is 0.255 e. The summed E-state index contributed by atoms with van der Waals surface area (Å²) in [6, 6.07) is 3.94. The number of primary amides is 2. The largest absolute Gasteiger partial charge is 0.508 e. The predicted molar refractivity (Wildman–Crippen MR) is 292 cm³/mol. The second-order valence-electron chi connectivity index (χ2n) is 20.7. The van der Waals surface area contributed by atoms with Gasteiger partial charge in [-0.2, -0.15) is 0 Å². The van der Waals surface area contributed by atoms with Crippen molar-refractivity contribution in [2.75, 3.05) is 28.2 Å². The van der Waals surface area contributed by atoms with E-state index in [2.05, 4.69) is 53.7 Å². The van der Waals surface area contributed by atoms with E-state index in [1.54, 1.807) is 40.3 Å². The van der Waals surface area contributed by atoms with Crippen LogP contribution in [-0.2, 0) is 41.6 Å². The average molecular weight is 1130 g/mol. The maximum Gasteiger partial charge on any atom is 0.255 e. The molecule has 375 valence electrons. The summed E-state index contributed by atoms with van der Waals surface area (Å²) in [5.74, 6) is -9.94. The summed E-state index contributed by atoms with van der Waals surface area (Å²) in [6.07, 6.45) is -0.287. The quantitative estimate of drug-likeness (QED) is 0.0725. The number of aromatic hydroxyl groups is 2. The van der Waals surface area contributed by atoms with Gasteiger partial charge in [-0.25, -0.2) is 0 Å². The van der Waals surface area contributed by atoms with E-state index >= 15 is 0 Å². The standard InChI is InChI=1S/C26H30N2O7Si.C21H21IN2O7.B7/c1-28(2)20-15-11-13-10-14-12(8-9-36(3,4)5)6-7-16(29)18(14)21(30)17(13)23(32)26(15,35)24(33)19(22(20)31)25(27)34;1-24(2)15-9-6-7-5-8-10(22)3-4-11(25)13(8)16(26)12(7)18(28)21(9,31)19(29)14(17(15)27)20(23)30;1-5-7(4)6(2)3/h6-7,13,15,20,29-30,33,35H,10-11H2,1-5H3,(H2,27,34);3-4,7,9,15,25-26,29,31H,5-6H2,1-2H3,(H2,23,30);/t13-,15-,20-,26-;7-,9-,15-,21-;/m00./s1. The Kier molecular flexibility index (Phi) is 16.4. The van der Waals surface area contributed by atoms with Crippen molar-refractivity contribution in [3.63, 3.8) is 0 Å². The Morgan fingerprint density at radius 2 is 1.11 bits per heavy atom. The number of hydrogen-bond acceptors (Lipinski definition) is 16. The minimum absolute atomic E-state index is 0.0440. The van der Waals surface area contributed by atoms with Crippen LogP contribution in [0, 0.1) is 38.7 Å². The van der Waals surface area contributed by atoms with Crippen molar-refractivity contribution in [3.8, 4) is 23.0 Å². The molecule has 0 spiro atoms. The van der Waals surface area contributed by atoms with Crippen LogP contribution < -0.4 is 11.5 Å². The van der Waals surface area contributed by atoms with Crippen molar-refractivity contribution in [2.24, 2.45) is 35.1 Å². The van der Waals surface area contributed by atoms with Gasteiger partial charge in [-0.3, -0.25) is 38.6 Å². The van der Waals surface area contributed by atoms with Gasteiger partial charge in [0.2, 0.25) is 11.6 Å². The molecular formula is C47H51B7IN4O14Si. The number of ketones is 4. The predicted octanol–water partition coefficient (Wildman–Crippen LogP) is -0.904. The Hall–Kier alpha value is -5.38. The van der Waals surface area contributed by atoms with E-state index in [1.165, 1.54) is 29.0 Å². The number of benzene rings is 2. The molecule has 0 unspecified atom stereocenters. The van der Waals surface area contributed by atoms with Gasteiger partial charge >= 0.3 is 0 Å². The van der Waals surface area contributed by atoms with Crippen LogP contribution in [0.25, 0.3) is 11.5 Å². The number of rotatable bonds is 6.